The van der Waals surface area contributed by atoms with Crippen molar-refractivity contribution in [2.24, 2.45) is 0 Å². The Bertz CT molecular complexity index is 544. The monoisotopic (exact) mass is 292 g/mol. The summed E-state index contributed by atoms with van der Waals surface area (Å²) in [6.45, 7) is 5.30. The van der Waals surface area contributed by atoms with E-state index in [4.69, 9.17) is 14.7 Å². The van der Waals surface area contributed by atoms with Crippen LogP contribution in [0.25, 0.3) is 0 Å². The number of aliphatic hydroxyl groups is 1. The van der Waals surface area contributed by atoms with Crippen molar-refractivity contribution < 1.29 is 19.4 Å². The SMILES string of the molecule is COc1ccc(NC(=O)OC(C)(C)C)cc1C(O)CC#N. The van der Waals surface area contributed by atoms with Crippen molar-refractivity contribution in [2.45, 2.75) is 38.9 Å². The summed E-state index contributed by atoms with van der Waals surface area (Å²) in [5.41, 5.74) is 0.296. The van der Waals surface area contributed by atoms with Crippen LogP contribution in [-0.2, 0) is 4.74 Å². The number of hydrogen-bond donors (Lipinski definition) is 2. The number of carbonyl (C=O) groups excluding carboxylic acids is 1. The van der Waals surface area contributed by atoms with Gasteiger partial charge in [-0.1, -0.05) is 0 Å². The molecule has 0 radical (unpaired) electrons. The lowest BCUT2D eigenvalue weighted by molar-refractivity contribution is 0.0635. The molecule has 0 fully saturated rings. The summed E-state index contributed by atoms with van der Waals surface area (Å²) in [7, 11) is 1.47. The zero-order chi connectivity index (χ0) is 16.0. The van der Waals surface area contributed by atoms with Gasteiger partial charge in [-0.2, -0.15) is 5.26 Å². The first-order valence-corrected chi connectivity index (χ1v) is 6.50. The average Bonchev–Trinajstić information content (AvgIpc) is 2.36. The highest BCUT2D eigenvalue weighted by Gasteiger charge is 2.18. The molecule has 0 heterocycles. The Labute approximate surface area is 124 Å². The van der Waals surface area contributed by atoms with Gasteiger partial charge in [0, 0.05) is 11.3 Å². The van der Waals surface area contributed by atoms with E-state index in [0.717, 1.165) is 0 Å². The van der Waals surface area contributed by atoms with Crippen LogP contribution < -0.4 is 10.1 Å². The third kappa shape index (κ3) is 5.32. The summed E-state index contributed by atoms with van der Waals surface area (Å²) in [5, 5.41) is 21.2. The minimum Gasteiger partial charge on any atom is -0.496 e. The van der Waals surface area contributed by atoms with Gasteiger partial charge in [0.05, 0.1) is 25.7 Å². The molecule has 6 nitrogen and oxygen atoms in total. The maximum Gasteiger partial charge on any atom is 0.412 e. The largest absolute Gasteiger partial charge is 0.496 e. The van der Waals surface area contributed by atoms with Gasteiger partial charge in [0.15, 0.2) is 0 Å². The smallest absolute Gasteiger partial charge is 0.412 e. The van der Waals surface area contributed by atoms with Crippen molar-refractivity contribution in [2.75, 3.05) is 12.4 Å². The minimum absolute atomic E-state index is 0.0632. The van der Waals surface area contributed by atoms with Crippen LogP contribution in [0.4, 0.5) is 10.5 Å². The zero-order valence-electron chi connectivity index (χ0n) is 12.6. The fourth-order valence-corrected chi connectivity index (χ4v) is 1.69. The first-order chi connectivity index (χ1) is 9.76. The third-order valence-corrected chi connectivity index (χ3v) is 2.52. The fraction of sp³-hybridized carbons (Fsp3) is 0.467. The number of methoxy groups -OCH3 is 1. The van der Waals surface area contributed by atoms with Gasteiger partial charge in [-0.05, 0) is 39.0 Å². The molecule has 1 aromatic rings. The number of rotatable bonds is 4. The molecule has 2 N–H and O–H groups in total. The topological polar surface area (TPSA) is 91.6 Å². The Kier molecular flexibility index (Phi) is 5.56. The van der Waals surface area contributed by atoms with E-state index >= 15 is 0 Å². The van der Waals surface area contributed by atoms with E-state index in [2.05, 4.69) is 5.32 Å². The fourth-order valence-electron chi connectivity index (χ4n) is 1.69. The first kappa shape index (κ1) is 16.8. The van der Waals surface area contributed by atoms with Crippen molar-refractivity contribution in [3.8, 4) is 11.8 Å². The molecule has 1 amide bonds. The lowest BCUT2D eigenvalue weighted by atomic mass is 10.1. The third-order valence-electron chi connectivity index (χ3n) is 2.52. The molecular formula is C15H20N2O4. The molecule has 0 aliphatic heterocycles. The lowest BCUT2D eigenvalue weighted by Gasteiger charge is -2.20. The quantitative estimate of drug-likeness (QED) is 0.890. The van der Waals surface area contributed by atoms with Gasteiger partial charge >= 0.3 is 6.09 Å². The number of anilines is 1. The molecule has 6 heteroatoms. The van der Waals surface area contributed by atoms with Gasteiger partial charge < -0.3 is 14.6 Å². The molecule has 0 bridgehead atoms. The van der Waals surface area contributed by atoms with Gasteiger partial charge in [0.1, 0.15) is 11.4 Å². The molecule has 1 atom stereocenters. The molecule has 21 heavy (non-hydrogen) atoms. The van der Waals surface area contributed by atoms with Crippen molar-refractivity contribution >= 4 is 11.8 Å². The van der Waals surface area contributed by atoms with Crippen LogP contribution >= 0.6 is 0 Å². The Balaban J connectivity index is 2.93. The molecule has 1 rings (SSSR count). The van der Waals surface area contributed by atoms with Crippen molar-refractivity contribution in [1.29, 1.82) is 5.26 Å². The number of benzene rings is 1. The van der Waals surface area contributed by atoms with E-state index in [-0.39, 0.29) is 6.42 Å². The van der Waals surface area contributed by atoms with Gasteiger partial charge in [0.2, 0.25) is 0 Å². The highest BCUT2D eigenvalue weighted by Crippen LogP contribution is 2.30. The number of carbonyl (C=O) groups is 1. The standard InChI is InChI=1S/C15H20N2O4/c1-15(2,3)21-14(19)17-10-5-6-13(20-4)11(9-10)12(18)7-8-16/h5-6,9,12,18H,7H2,1-4H3,(H,17,19). The Morgan fingerprint density at radius 1 is 1.48 bits per heavy atom. The maximum atomic E-state index is 11.7. The summed E-state index contributed by atoms with van der Waals surface area (Å²) in [4.78, 5) is 11.7. The average molecular weight is 292 g/mol. The first-order valence-electron chi connectivity index (χ1n) is 6.50. The Morgan fingerprint density at radius 2 is 2.14 bits per heavy atom. The van der Waals surface area contributed by atoms with Crippen LogP contribution in [0.3, 0.4) is 0 Å². The molecule has 0 aliphatic rings. The minimum atomic E-state index is -0.981. The van der Waals surface area contributed by atoms with Crippen molar-refractivity contribution in [1.82, 2.24) is 0 Å². The number of aliphatic hydroxyl groups excluding tert-OH is 1. The van der Waals surface area contributed by atoms with E-state index in [1.54, 1.807) is 39.0 Å². The van der Waals surface area contributed by atoms with Crippen LogP contribution in [0.1, 0.15) is 38.9 Å². The summed E-state index contributed by atoms with van der Waals surface area (Å²) in [5.74, 6) is 0.451. The second-order valence-electron chi connectivity index (χ2n) is 5.46. The molecule has 0 saturated carbocycles. The molecule has 0 saturated heterocycles. The predicted octanol–water partition coefficient (Wildman–Crippen LogP) is 2.99. The summed E-state index contributed by atoms with van der Waals surface area (Å²) in [6.07, 6.45) is -1.63. The zero-order valence-corrected chi connectivity index (χ0v) is 12.6. The van der Waals surface area contributed by atoms with Crippen LogP contribution in [0.2, 0.25) is 0 Å². The van der Waals surface area contributed by atoms with E-state index in [1.807, 2.05) is 6.07 Å². The highest BCUT2D eigenvalue weighted by molar-refractivity contribution is 5.85. The molecular weight excluding hydrogens is 272 g/mol. The van der Waals surface area contributed by atoms with Gasteiger partial charge in [-0.25, -0.2) is 4.79 Å². The van der Waals surface area contributed by atoms with Crippen LogP contribution in [0.15, 0.2) is 18.2 Å². The van der Waals surface area contributed by atoms with E-state index in [0.29, 0.717) is 17.0 Å². The summed E-state index contributed by atoms with van der Waals surface area (Å²) in [6, 6.07) is 6.70. The Morgan fingerprint density at radius 3 is 2.67 bits per heavy atom. The lowest BCUT2D eigenvalue weighted by Crippen LogP contribution is -2.27. The highest BCUT2D eigenvalue weighted by atomic mass is 16.6. The Hall–Kier alpha value is -2.26. The molecule has 114 valence electrons. The van der Waals surface area contributed by atoms with Gasteiger partial charge in [0.25, 0.3) is 0 Å². The van der Waals surface area contributed by atoms with E-state index in [1.165, 1.54) is 7.11 Å². The predicted molar refractivity (Wildman–Crippen MR) is 78.0 cm³/mol. The molecule has 0 aromatic heterocycles. The summed E-state index contributed by atoms with van der Waals surface area (Å²) >= 11 is 0. The number of ether oxygens (including phenoxy) is 2. The van der Waals surface area contributed by atoms with Gasteiger partial charge in [-0.15, -0.1) is 0 Å². The van der Waals surface area contributed by atoms with Crippen LogP contribution in [-0.4, -0.2) is 23.9 Å². The van der Waals surface area contributed by atoms with E-state index in [9.17, 15) is 9.90 Å². The van der Waals surface area contributed by atoms with Crippen molar-refractivity contribution in [3.63, 3.8) is 0 Å². The number of nitrogens with one attached hydrogen (secondary N) is 1. The normalized spacial score (nSPS) is 12.2. The van der Waals surface area contributed by atoms with E-state index < -0.39 is 17.8 Å². The van der Waals surface area contributed by atoms with Crippen LogP contribution in [0.5, 0.6) is 5.75 Å². The van der Waals surface area contributed by atoms with Gasteiger partial charge in [-0.3, -0.25) is 5.32 Å². The number of hydrogen-bond acceptors (Lipinski definition) is 5. The number of amides is 1. The molecule has 1 unspecified atom stereocenters. The summed E-state index contributed by atoms with van der Waals surface area (Å²) < 4.78 is 10.3. The van der Waals surface area contributed by atoms with Crippen LogP contribution in [0, 0.1) is 11.3 Å². The number of nitriles is 1. The second-order valence-corrected chi connectivity index (χ2v) is 5.46. The van der Waals surface area contributed by atoms with Crippen molar-refractivity contribution in [3.05, 3.63) is 23.8 Å². The molecule has 0 spiro atoms. The number of nitrogens with zero attached hydrogens (tertiary/aromatic N) is 1. The maximum absolute atomic E-state index is 11.7. The second kappa shape index (κ2) is 6.95. The molecule has 0 aliphatic carbocycles. The molecule has 1 aromatic carbocycles.